The van der Waals surface area contributed by atoms with E-state index in [1.54, 1.807) is 0 Å². The molecule has 3 rings (SSSR count). The van der Waals surface area contributed by atoms with Gasteiger partial charge in [0, 0.05) is 11.1 Å². The second-order valence-electron chi connectivity index (χ2n) is 6.71. The highest BCUT2D eigenvalue weighted by molar-refractivity contribution is 6.05. The van der Waals surface area contributed by atoms with Gasteiger partial charge < -0.3 is 10.1 Å². The van der Waals surface area contributed by atoms with E-state index in [4.69, 9.17) is 4.74 Å². The lowest BCUT2D eigenvalue weighted by Gasteiger charge is -2.15. The molecular formula is C23H24N2O3. The molecule has 0 fully saturated rings. The fraction of sp³-hybridized carbons (Fsp3) is 0.261. The number of hydrogen-bond donors (Lipinski definition) is 1. The molecule has 144 valence electrons. The number of esters is 1. The second-order valence-corrected chi connectivity index (χ2v) is 6.71. The number of pyridine rings is 1. The van der Waals surface area contributed by atoms with E-state index >= 15 is 0 Å². The molecule has 0 bridgehead atoms. The van der Waals surface area contributed by atoms with E-state index in [1.807, 2.05) is 75.4 Å². The first kappa shape index (κ1) is 19.5. The molecule has 2 aromatic carbocycles. The fourth-order valence-corrected chi connectivity index (χ4v) is 3.28. The average molecular weight is 376 g/mol. The number of fused-ring (bicyclic) bond motifs is 1. The molecule has 0 radical (unpaired) electrons. The van der Waals surface area contributed by atoms with Gasteiger partial charge >= 0.3 is 5.97 Å². The van der Waals surface area contributed by atoms with Crippen LogP contribution in [0.15, 0.2) is 54.6 Å². The van der Waals surface area contributed by atoms with Crippen LogP contribution in [0.25, 0.3) is 10.9 Å². The third-order valence-corrected chi connectivity index (χ3v) is 4.79. The van der Waals surface area contributed by atoms with Gasteiger partial charge in [-0.3, -0.25) is 9.78 Å². The Morgan fingerprint density at radius 2 is 1.75 bits per heavy atom. The van der Waals surface area contributed by atoms with Gasteiger partial charge in [0.05, 0.1) is 17.1 Å². The van der Waals surface area contributed by atoms with Gasteiger partial charge in [0.25, 0.3) is 5.91 Å². The molecule has 1 amide bonds. The van der Waals surface area contributed by atoms with Crippen molar-refractivity contribution in [3.05, 3.63) is 77.0 Å². The number of aryl methyl sites for hydroxylation is 1. The summed E-state index contributed by atoms with van der Waals surface area (Å²) in [5, 5.41) is 3.59. The molecule has 1 aromatic heterocycles. The Morgan fingerprint density at radius 3 is 2.46 bits per heavy atom. The fourth-order valence-electron chi connectivity index (χ4n) is 3.28. The van der Waals surface area contributed by atoms with Crippen LogP contribution in [0.2, 0.25) is 0 Å². The van der Waals surface area contributed by atoms with Gasteiger partial charge in [0.1, 0.15) is 0 Å². The van der Waals surface area contributed by atoms with Crippen LogP contribution in [-0.4, -0.2) is 23.5 Å². The number of carbonyl (C=O) groups is 2. The topological polar surface area (TPSA) is 68.3 Å². The number of aromatic nitrogens is 1. The lowest BCUT2D eigenvalue weighted by Crippen LogP contribution is -2.31. The third-order valence-electron chi connectivity index (χ3n) is 4.79. The highest BCUT2D eigenvalue weighted by Gasteiger charge is 2.20. The first-order valence-electron chi connectivity index (χ1n) is 9.41. The smallest absolute Gasteiger partial charge is 0.339 e. The van der Waals surface area contributed by atoms with Crippen LogP contribution in [0.1, 0.15) is 47.1 Å². The zero-order chi connectivity index (χ0) is 20.1. The normalized spacial score (nSPS) is 11.8. The van der Waals surface area contributed by atoms with E-state index in [0.29, 0.717) is 12.0 Å². The maximum Gasteiger partial charge on any atom is 0.339 e. The number of benzene rings is 2. The van der Waals surface area contributed by atoms with E-state index in [1.165, 1.54) is 0 Å². The molecule has 0 unspecified atom stereocenters. The molecule has 0 aliphatic heterocycles. The highest BCUT2D eigenvalue weighted by atomic mass is 16.5. The summed E-state index contributed by atoms with van der Waals surface area (Å²) >= 11 is 0. The standard InChI is InChI=1S/C23H24N2O3/c1-4-19-15(2)22(18-12-8-9-13-20(18)25-19)23(27)28-14-21(26)24-16(3)17-10-6-5-7-11-17/h5-13,16H,4,14H2,1-3H3,(H,24,26)/t16-/m0/s1. The van der Waals surface area contributed by atoms with Crippen LogP contribution >= 0.6 is 0 Å². The molecule has 1 N–H and O–H groups in total. The van der Waals surface area contributed by atoms with Crippen LogP contribution in [0.4, 0.5) is 0 Å². The molecule has 0 spiro atoms. The van der Waals surface area contributed by atoms with Gasteiger partial charge in [-0.1, -0.05) is 55.5 Å². The Morgan fingerprint density at radius 1 is 1.07 bits per heavy atom. The molecule has 5 heteroatoms. The van der Waals surface area contributed by atoms with E-state index in [-0.39, 0.29) is 18.6 Å². The average Bonchev–Trinajstić information content (AvgIpc) is 2.72. The first-order valence-corrected chi connectivity index (χ1v) is 9.41. The Labute approximate surface area is 164 Å². The molecule has 0 saturated heterocycles. The predicted molar refractivity (Wildman–Crippen MR) is 109 cm³/mol. The molecular weight excluding hydrogens is 352 g/mol. The summed E-state index contributed by atoms with van der Waals surface area (Å²) in [7, 11) is 0. The zero-order valence-corrected chi connectivity index (χ0v) is 16.4. The van der Waals surface area contributed by atoms with Gasteiger partial charge in [0.15, 0.2) is 6.61 Å². The molecule has 3 aromatic rings. The maximum atomic E-state index is 12.8. The predicted octanol–water partition coefficient (Wildman–Crippen LogP) is 4.14. The zero-order valence-electron chi connectivity index (χ0n) is 16.4. The number of nitrogens with zero attached hydrogens (tertiary/aromatic N) is 1. The van der Waals surface area contributed by atoms with Crippen LogP contribution < -0.4 is 5.32 Å². The highest BCUT2D eigenvalue weighted by Crippen LogP contribution is 2.24. The summed E-state index contributed by atoms with van der Waals surface area (Å²) < 4.78 is 5.34. The summed E-state index contributed by atoms with van der Waals surface area (Å²) in [4.78, 5) is 29.6. The summed E-state index contributed by atoms with van der Waals surface area (Å²) in [5.74, 6) is -0.843. The number of carbonyl (C=O) groups excluding carboxylic acids is 2. The second kappa shape index (κ2) is 8.65. The first-order chi connectivity index (χ1) is 13.5. The van der Waals surface area contributed by atoms with E-state index in [2.05, 4.69) is 10.3 Å². The molecule has 1 atom stereocenters. The molecule has 0 aliphatic carbocycles. The Kier molecular flexibility index (Phi) is 6.04. The van der Waals surface area contributed by atoms with Gasteiger partial charge in [-0.25, -0.2) is 4.79 Å². The van der Waals surface area contributed by atoms with Crippen LogP contribution in [0, 0.1) is 6.92 Å². The van der Waals surface area contributed by atoms with Gasteiger partial charge in [-0.2, -0.15) is 0 Å². The molecule has 5 nitrogen and oxygen atoms in total. The van der Waals surface area contributed by atoms with Crippen molar-refractivity contribution in [3.8, 4) is 0 Å². The van der Waals surface area contributed by atoms with Crippen molar-refractivity contribution in [1.82, 2.24) is 10.3 Å². The number of hydrogen-bond acceptors (Lipinski definition) is 4. The van der Waals surface area contributed by atoms with Crippen molar-refractivity contribution in [2.75, 3.05) is 6.61 Å². The van der Waals surface area contributed by atoms with Crippen molar-refractivity contribution in [2.24, 2.45) is 0 Å². The van der Waals surface area contributed by atoms with Crippen molar-refractivity contribution in [2.45, 2.75) is 33.2 Å². The minimum Gasteiger partial charge on any atom is -0.452 e. The minimum absolute atomic E-state index is 0.164. The SMILES string of the molecule is CCc1nc2ccccc2c(C(=O)OCC(=O)N[C@@H](C)c2ccccc2)c1C. The van der Waals surface area contributed by atoms with Crippen LogP contribution in [0.5, 0.6) is 0 Å². The number of rotatable bonds is 6. The number of amides is 1. The number of para-hydroxylation sites is 1. The van der Waals surface area contributed by atoms with Crippen LogP contribution in [0.3, 0.4) is 0 Å². The number of ether oxygens (including phenoxy) is 1. The number of nitrogens with one attached hydrogen (secondary N) is 1. The van der Waals surface area contributed by atoms with Crippen LogP contribution in [-0.2, 0) is 16.0 Å². The van der Waals surface area contributed by atoms with Gasteiger partial charge in [-0.15, -0.1) is 0 Å². The minimum atomic E-state index is -0.506. The largest absolute Gasteiger partial charge is 0.452 e. The Bertz CT molecular complexity index is 999. The molecule has 0 aliphatic rings. The summed E-state index contributed by atoms with van der Waals surface area (Å²) in [6.45, 7) is 5.43. The quantitative estimate of drug-likeness (QED) is 0.657. The van der Waals surface area contributed by atoms with Crippen molar-refractivity contribution in [1.29, 1.82) is 0 Å². The van der Waals surface area contributed by atoms with Crippen molar-refractivity contribution < 1.29 is 14.3 Å². The van der Waals surface area contributed by atoms with Crippen molar-refractivity contribution in [3.63, 3.8) is 0 Å². The van der Waals surface area contributed by atoms with Gasteiger partial charge in [-0.05, 0) is 37.5 Å². The van der Waals surface area contributed by atoms with E-state index in [9.17, 15) is 9.59 Å². The summed E-state index contributed by atoms with van der Waals surface area (Å²) in [6.07, 6.45) is 0.714. The lowest BCUT2D eigenvalue weighted by molar-refractivity contribution is -0.124. The molecule has 0 saturated carbocycles. The van der Waals surface area contributed by atoms with E-state index < -0.39 is 5.97 Å². The van der Waals surface area contributed by atoms with Crippen molar-refractivity contribution >= 4 is 22.8 Å². The monoisotopic (exact) mass is 376 g/mol. The lowest BCUT2D eigenvalue weighted by atomic mass is 10.0. The maximum absolute atomic E-state index is 12.8. The summed E-state index contributed by atoms with van der Waals surface area (Å²) in [5.41, 5.74) is 3.87. The van der Waals surface area contributed by atoms with Gasteiger partial charge in [0.2, 0.25) is 0 Å². The third kappa shape index (κ3) is 4.19. The summed E-state index contributed by atoms with van der Waals surface area (Å²) in [6, 6.07) is 16.9. The molecule has 28 heavy (non-hydrogen) atoms. The molecule has 1 heterocycles. The Hall–Kier alpha value is -3.21. The Balaban J connectivity index is 1.73. The van der Waals surface area contributed by atoms with E-state index in [0.717, 1.165) is 27.7 Å².